The minimum Gasteiger partial charge on any atom is -0.744 e. The van der Waals surface area contributed by atoms with E-state index < -0.39 is 63.0 Å². The van der Waals surface area contributed by atoms with Crippen LogP contribution >= 0.6 is 23.5 Å². The van der Waals surface area contributed by atoms with Crippen LogP contribution < -0.4 is 26.1 Å². The van der Waals surface area contributed by atoms with Gasteiger partial charge in [0.2, 0.25) is 11.6 Å². The molecule has 24 nitrogen and oxygen atoms in total. The summed E-state index contributed by atoms with van der Waals surface area (Å²) in [6.45, 7) is 5.29. The highest BCUT2D eigenvalue weighted by atomic mass is 32.2. The van der Waals surface area contributed by atoms with E-state index in [4.69, 9.17) is 29.2 Å². The summed E-state index contributed by atoms with van der Waals surface area (Å²) < 4.78 is 97.2. The van der Waals surface area contributed by atoms with Gasteiger partial charge in [0.15, 0.2) is 6.20 Å². The number of nitrogen functional groups attached to an aromatic ring is 1. The maximum atomic E-state index is 12.9. The number of aryl methyl sites for hydroxylation is 1. The number of amides is 1. The van der Waals surface area contributed by atoms with E-state index in [2.05, 4.69) is 40.6 Å². The minimum atomic E-state index is -5.69. The number of hydrogen-bond donors (Lipinski definition) is 6. The molecular weight excluding hydrogens is 975 g/mol. The molecule has 1 fully saturated rings. The van der Waals surface area contributed by atoms with Crippen LogP contribution in [-0.2, 0) is 53.0 Å². The number of nitrogens with two attached hydrogens (primary N) is 1. The molecular formula is C40H48N7O17P3S. The summed E-state index contributed by atoms with van der Waals surface area (Å²) in [6.07, 6.45) is 8.00. The molecule has 1 amide bonds. The van der Waals surface area contributed by atoms with Crippen molar-refractivity contribution in [3.8, 4) is 11.8 Å². The van der Waals surface area contributed by atoms with Gasteiger partial charge < -0.3 is 53.8 Å². The first kappa shape index (κ1) is 52.2. The highest BCUT2D eigenvalue weighted by Gasteiger charge is 2.41. The number of pyridine rings is 1. The number of aromatic nitrogens is 4. The standard InChI is InChI=1S/C40H48N7O17P3S/c1-3-45(4-2)31-14-11-27-21-28(40(49)62-34(27)22-31)12-13-30-15-17-33(68(57,58)59)24-46(30)20-7-5-6-10-35(48)42-19-8-9-29-23-47(39-37(29)38(41)43-26-44-39)36-18-16-32(61-36)25-60-66(53,54)64-67(55,56)63-65(50,51)52/h11-15,17,21-24,26,32,36H,3-7,10,16,18-20,25H2,1-2H3,(H7-,41,42,43,44,48,50,51,52,53,54,55,56,57,58,59)/t32-,36+/m0/s1. The molecule has 0 saturated carbocycles. The van der Waals surface area contributed by atoms with Crippen LogP contribution in [0.3, 0.4) is 0 Å². The number of ether oxygens (including phenoxy) is 1. The van der Waals surface area contributed by atoms with Gasteiger partial charge in [-0.05, 0) is 69.9 Å². The number of carbonyl (C=O) groups is 1. The van der Waals surface area contributed by atoms with Crippen LogP contribution in [0.4, 0.5) is 11.5 Å². The van der Waals surface area contributed by atoms with Crippen molar-refractivity contribution in [2.24, 2.45) is 0 Å². The number of rotatable bonds is 21. The Kier molecular flexibility index (Phi) is 17.0. The van der Waals surface area contributed by atoms with Crippen LogP contribution in [0.15, 0.2) is 69.2 Å². The van der Waals surface area contributed by atoms with E-state index in [1.165, 1.54) is 24.7 Å². The summed E-state index contributed by atoms with van der Waals surface area (Å²) in [5, 5.41) is 3.85. The first-order valence-electron chi connectivity index (χ1n) is 20.9. The van der Waals surface area contributed by atoms with Gasteiger partial charge in [-0.15, -0.1) is 0 Å². The summed E-state index contributed by atoms with van der Waals surface area (Å²) in [7, 11) is -21.4. The maximum Gasteiger partial charge on any atom is 0.490 e. The Bertz CT molecular complexity index is 3090. The first-order chi connectivity index (χ1) is 32.0. The number of hydrogen-bond acceptors (Lipinski definition) is 17. The van der Waals surface area contributed by atoms with Crippen molar-refractivity contribution >= 4 is 85.2 Å². The summed E-state index contributed by atoms with van der Waals surface area (Å²) in [4.78, 5) is 72.3. The van der Waals surface area contributed by atoms with E-state index in [1.807, 2.05) is 32.0 Å². The molecule has 0 bridgehead atoms. The fourth-order valence-electron chi connectivity index (χ4n) is 7.25. The molecule has 2 unspecified atom stereocenters. The third-order valence-electron chi connectivity index (χ3n) is 10.4. The molecule has 1 saturated heterocycles. The van der Waals surface area contributed by atoms with Gasteiger partial charge in [-0.3, -0.25) is 9.32 Å². The molecule has 4 aromatic heterocycles. The van der Waals surface area contributed by atoms with Crippen LogP contribution in [0.1, 0.15) is 75.4 Å². The van der Waals surface area contributed by atoms with E-state index in [0.717, 1.165) is 24.2 Å². The number of nitrogens with one attached hydrogen (secondary N) is 1. The number of nitrogens with zero attached hydrogens (tertiary/aromatic N) is 5. The highest BCUT2D eigenvalue weighted by Crippen LogP contribution is 2.66. The SMILES string of the molecule is CCN(CC)c1ccc2cc(/C=C/c3ccc(S(=O)(=O)[O-])c[n+]3CCCCCC(=O)NCC#Cc3cn([C@H]4CC[C@@H](COP(=O)(O)OP(=O)(O)OP(=O)(O)O)O4)c4ncnc(N)c34)c(=O)oc2c1. The Balaban J connectivity index is 1.01. The number of phosphoric ester groups is 1. The Labute approximate surface area is 388 Å². The van der Waals surface area contributed by atoms with E-state index >= 15 is 0 Å². The zero-order chi connectivity index (χ0) is 49.4. The second-order valence-corrected chi connectivity index (χ2v) is 20.9. The third kappa shape index (κ3) is 14.2. The molecule has 1 aliphatic heterocycles. The lowest BCUT2D eigenvalue weighted by Crippen LogP contribution is -2.37. The summed E-state index contributed by atoms with van der Waals surface area (Å²) in [5.41, 5.74) is 8.52. The van der Waals surface area contributed by atoms with Crippen molar-refractivity contribution in [3.63, 3.8) is 0 Å². The lowest BCUT2D eigenvalue weighted by atomic mass is 10.1. The summed E-state index contributed by atoms with van der Waals surface area (Å²) >= 11 is 0. The zero-order valence-corrected chi connectivity index (χ0v) is 39.9. The van der Waals surface area contributed by atoms with E-state index in [1.54, 1.807) is 33.5 Å². The van der Waals surface area contributed by atoms with Gasteiger partial charge in [0, 0.05) is 61.4 Å². The number of phosphoric acid groups is 3. The zero-order valence-electron chi connectivity index (χ0n) is 36.4. The molecule has 4 atom stereocenters. The van der Waals surface area contributed by atoms with Gasteiger partial charge in [0.05, 0.1) is 35.8 Å². The molecule has 1 aromatic carbocycles. The van der Waals surface area contributed by atoms with Gasteiger partial charge in [0.25, 0.3) is 0 Å². The van der Waals surface area contributed by atoms with Gasteiger partial charge in [0.1, 0.15) is 51.2 Å². The molecule has 0 radical (unpaired) electrons. The molecule has 0 aliphatic carbocycles. The topological polar surface area (TPSA) is 349 Å². The molecule has 0 spiro atoms. The van der Waals surface area contributed by atoms with Crippen molar-refractivity contribution in [1.29, 1.82) is 0 Å². The van der Waals surface area contributed by atoms with Crippen LogP contribution in [-0.4, -0.2) is 85.3 Å². The van der Waals surface area contributed by atoms with Gasteiger partial charge in [-0.25, -0.2) is 36.9 Å². The molecule has 7 N–H and O–H groups in total. The molecule has 366 valence electrons. The maximum absolute atomic E-state index is 12.9. The predicted octanol–water partition coefficient (Wildman–Crippen LogP) is 4.08. The Hall–Kier alpha value is -5.15. The molecule has 68 heavy (non-hydrogen) atoms. The molecule has 6 rings (SSSR count). The number of anilines is 2. The van der Waals surface area contributed by atoms with Crippen molar-refractivity contribution in [3.05, 3.63) is 82.4 Å². The monoisotopic (exact) mass is 1020 g/mol. The Morgan fingerprint density at radius 2 is 1.81 bits per heavy atom. The number of benzene rings is 1. The average molecular weight is 1020 g/mol. The van der Waals surface area contributed by atoms with Crippen molar-refractivity contribution < 1.29 is 77.9 Å². The first-order valence-corrected chi connectivity index (χ1v) is 26.8. The van der Waals surface area contributed by atoms with Crippen LogP contribution in [0.5, 0.6) is 0 Å². The largest absolute Gasteiger partial charge is 0.744 e. The lowest BCUT2D eigenvalue weighted by molar-refractivity contribution is -0.700. The second-order valence-electron chi connectivity index (χ2n) is 15.1. The Morgan fingerprint density at radius 3 is 2.53 bits per heavy atom. The van der Waals surface area contributed by atoms with Crippen LogP contribution in [0.2, 0.25) is 0 Å². The smallest absolute Gasteiger partial charge is 0.490 e. The van der Waals surface area contributed by atoms with E-state index in [9.17, 15) is 46.0 Å². The van der Waals surface area contributed by atoms with Crippen LogP contribution in [0.25, 0.3) is 34.2 Å². The number of fused-ring (bicyclic) bond motifs is 2. The van der Waals surface area contributed by atoms with Crippen molar-refractivity contribution in [1.82, 2.24) is 19.9 Å². The van der Waals surface area contributed by atoms with Crippen molar-refractivity contribution in [2.75, 3.05) is 36.9 Å². The second kappa shape index (κ2) is 22.1. The van der Waals surface area contributed by atoms with Crippen molar-refractivity contribution in [2.45, 2.75) is 76.1 Å². The van der Waals surface area contributed by atoms with Gasteiger partial charge in [-0.1, -0.05) is 11.8 Å². The minimum absolute atomic E-state index is 0.0311. The fourth-order valence-corrected chi connectivity index (χ4v) is 10.8. The molecule has 5 aromatic rings. The number of carbonyl (C=O) groups excluding carboxylic acids is 1. The van der Waals surface area contributed by atoms with Crippen LogP contribution in [0, 0.1) is 11.8 Å². The Morgan fingerprint density at radius 1 is 1.04 bits per heavy atom. The predicted molar refractivity (Wildman–Crippen MR) is 243 cm³/mol. The summed E-state index contributed by atoms with van der Waals surface area (Å²) in [6, 6.07) is 10.0. The number of unbranched alkanes of at least 4 members (excludes halogenated alkanes) is 2. The van der Waals surface area contributed by atoms with E-state index in [-0.39, 0.29) is 36.7 Å². The lowest BCUT2D eigenvalue weighted by Gasteiger charge is -2.20. The highest BCUT2D eigenvalue weighted by molar-refractivity contribution is 7.85. The fraction of sp³-hybridized carbons (Fsp3) is 0.375. The quantitative estimate of drug-likeness (QED) is 0.0151. The summed E-state index contributed by atoms with van der Waals surface area (Å²) in [5.74, 6) is 5.65. The van der Waals surface area contributed by atoms with Gasteiger partial charge >= 0.3 is 29.1 Å². The molecule has 5 heterocycles. The third-order valence-corrected chi connectivity index (χ3v) is 15.0. The normalized spacial score (nSPS) is 17.2. The molecule has 1 aliphatic rings. The average Bonchev–Trinajstić information content (AvgIpc) is 3.88. The van der Waals surface area contributed by atoms with Gasteiger partial charge in [-0.2, -0.15) is 13.2 Å². The van der Waals surface area contributed by atoms with E-state index in [0.29, 0.717) is 60.1 Å². The molecule has 28 heteroatoms.